The number of fused-ring (bicyclic) bond motifs is 1. The Balaban J connectivity index is 1.51. The van der Waals surface area contributed by atoms with Crippen LogP contribution in [0.5, 0.6) is 0 Å². The van der Waals surface area contributed by atoms with Crippen LogP contribution in [0.4, 0.5) is 0 Å². The molecule has 7 nitrogen and oxygen atoms in total. The first-order valence-electron chi connectivity index (χ1n) is 11.1. The topological polar surface area (TPSA) is 85.2 Å². The minimum atomic E-state index is 0.548. The van der Waals surface area contributed by atoms with E-state index in [0.717, 1.165) is 52.3 Å². The van der Waals surface area contributed by atoms with Crippen LogP contribution in [-0.4, -0.2) is 35.2 Å². The first kappa shape index (κ1) is 20.8. The molecule has 164 valence electrons. The van der Waals surface area contributed by atoms with Crippen molar-refractivity contribution in [2.75, 3.05) is 0 Å². The molecule has 3 heterocycles. The van der Waals surface area contributed by atoms with Gasteiger partial charge < -0.3 is 4.57 Å². The van der Waals surface area contributed by atoms with Crippen molar-refractivity contribution in [2.24, 2.45) is 0 Å². The van der Waals surface area contributed by atoms with Gasteiger partial charge >= 0.3 is 0 Å². The van der Waals surface area contributed by atoms with Crippen molar-refractivity contribution in [3.05, 3.63) is 100 Å². The Kier molecular flexibility index (Phi) is 5.52. The van der Waals surface area contributed by atoms with Gasteiger partial charge in [-0.3, -0.25) is 0 Å². The molecule has 0 aliphatic heterocycles. The molecule has 7 heteroatoms. The average molecular weight is 436 g/mol. The third kappa shape index (κ3) is 4.17. The van der Waals surface area contributed by atoms with E-state index in [4.69, 9.17) is 9.97 Å². The number of aromatic nitrogens is 7. The number of pyridine rings is 1. The van der Waals surface area contributed by atoms with Crippen molar-refractivity contribution >= 4 is 22.8 Å². The van der Waals surface area contributed by atoms with E-state index in [0.29, 0.717) is 5.82 Å². The van der Waals surface area contributed by atoms with Crippen molar-refractivity contribution in [2.45, 2.75) is 33.7 Å². The van der Waals surface area contributed by atoms with E-state index in [-0.39, 0.29) is 0 Å². The Morgan fingerprint density at radius 2 is 1.73 bits per heavy atom. The molecule has 0 amide bonds. The highest BCUT2D eigenvalue weighted by Crippen LogP contribution is 2.26. The number of rotatable bonds is 6. The molecule has 0 aliphatic carbocycles. The molecule has 33 heavy (non-hydrogen) atoms. The van der Waals surface area contributed by atoms with Crippen LogP contribution in [0.15, 0.2) is 60.7 Å². The highest BCUT2D eigenvalue weighted by atomic mass is 15.5. The molecule has 0 unspecified atom stereocenters. The van der Waals surface area contributed by atoms with E-state index in [1.807, 2.05) is 31.2 Å². The van der Waals surface area contributed by atoms with Crippen LogP contribution in [-0.2, 0) is 13.0 Å². The summed E-state index contributed by atoms with van der Waals surface area (Å²) >= 11 is 0. The minimum absolute atomic E-state index is 0.548. The molecule has 5 rings (SSSR count). The van der Waals surface area contributed by atoms with Crippen molar-refractivity contribution in [3.63, 3.8) is 0 Å². The molecule has 0 spiro atoms. The number of hydrogen-bond acceptors (Lipinski definition) is 5. The molecule has 0 aliphatic rings. The Hall–Kier alpha value is -4.13. The van der Waals surface area contributed by atoms with Crippen LogP contribution in [0.3, 0.4) is 0 Å². The van der Waals surface area contributed by atoms with E-state index in [1.165, 1.54) is 11.1 Å². The number of nitrogens with zero attached hydrogens (tertiary/aromatic N) is 6. The zero-order chi connectivity index (χ0) is 22.8. The van der Waals surface area contributed by atoms with E-state index in [9.17, 15) is 0 Å². The van der Waals surface area contributed by atoms with E-state index < -0.39 is 0 Å². The molecule has 0 atom stereocenters. The molecular formula is C26H25N7. The lowest BCUT2D eigenvalue weighted by molar-refractivity contribution is 0.745. The molecule has 3 aromatic heterocycles. The predicted molar refractivity (Wildman–Crippen MR) is 130 cm³/mol. The fourth-order valence-corrected chi connectivity index (χ4v) is 4.17. The van der Waals surface area contributed by atoms with Gasteiger partial charge in [-0.05, 0) is 59.0 Å². The third-order valence-corrected chi connectivity index (χ3v) is 5.74. The molecule has 0 radical (unpaired) electrons. The zero-order valence-electron chi connectivity index (χ0n) is 18.9. The highest BCUT2D eigenvalue weighted by molar-refractivity contribution is 5.90. The number of benzene rings is 2. The maximum absolute atomic E-state index is 4.86. The Bertz CT molecular complexity index is 1410. The molecule has 0 fully saturated rings. The first-order valence-corrected chi connectivity index (χ1v) is 11.1. The lowest BCUT2D eigenvalue weighted by Crippen LogP contribution is -2.05. The van der Waals surface area contributed by atoms with Gasteiger partial charge in [0.1, 0.15) is 11.3 Å². The second kappa shape index (κ2) is 8.78. The van der Waals surface area contributed by atoms with Gasteiger partial charge in [-0.1, -0.05) is 61.5 Å². The molecular weight excluding hydrogens is 410 g/mol. The standard InChI is InChI=1S/C26H25N7/c1-4-24-28-25-17(2)14-18(3)27-26(25)33(24)16-19-10-12-21(13-11-19)22(15-23-29-31-32-30-23)20-8-6-5-7-9-20/h5-15H,4,16H2,1-3H3,(H,29,30,31,32)/b22-15+. The Morgan fingerprint density at radius 3 is 2.42 bits per heavy atom. The van der Waals surface area contributed by atoms with Crippen LogP contribution in [0.25, 0.3) is 22.8 Å². The normalized spacial score (nSPS) is 11.9. The van der Waals surface area contributed by atoms with Crippen LogP contribution >= 0.6 is 0 Å². The molecule has 0 saturated carbocycles. The van der Waals surface area contributed by atoms with Gasteiger partial charge in [0.25, 0.3) is 0 Å². The van der Waals surface area contributed by atoms with Crippen molar-refractivity contribution < 1.29 is 0 Å². The number of nitrogens with one attached hydrogen (secondary N) is 1. The minimum Gasteiger partial charge on any atom is -0.308 e. The molecule has 0 bridgehead atoms. The quantitative estimate of drug-likeness (QED) is 0.416. The molecule has 5 aromatic rings. The summed E-state index contributed by atoms with van der Waals surface area (Å²) in [6, 6.07) is 20.9. The summed E-state index contributed by atoms with van der Waals surface area (Å²) in [5, 5.41) is 14.4. The summed E-state index contributed by atoms with van der Waals surface area (Å²) in [4.78, 5) is 9.66. The summed E-state index contributed by atoms with van der Waals surface area (Å²) < 4.78 is 2.23. The number of aromatic amines is 1. The fourth-order valence-electron chi connectivity index (χ4n) is 4.17. The van der Waals surface area contributed by atoms with E-state index in [2.05, 4.69) is 81.5 Å². The number of H-pyrrole nitrogens is 1. The smallest absolute Gasteiger partial charge is 0.198 e. The van der Waals surface area contributed by atoms with Gasteiger partial charge in [0, 0.05) is 12.1 Å². The number of tetrazole rings is 1. The third-order valence-electron chi connectivity index (χ3n) is 5.74. The lowest BCUT2D eigenvalue weighted by Gasteiger charge is -2.11. The van der Waals surface area contributed by atoms with Crippen molar-refractivity contribution in [3.8, 4) is 0 Å². The summed E-state index contributed by atoms with van der Waals surface area (Å²) in [5.74, 6) is 1.60. The molecule has 0 saturated heterocycles. The second-order valence-electron chi connectivity index (χ2n) is 8.11. The SMILES string of the molecule is CCc1nc2c(C)cc(C)nc2n1Cc1ccc(/C(=C/c2nn[nH]n2)c2ccccc2)cc1. The van der Waals surface area contributed by atoms with Crippen LogP contribution in [0.1, 0.15) is 46.5 Å². The Morgan fingerprint density at radius 1 is 0.970 bits per heavy atom. The van der Waals surface area contributed by atoms with Crippen molar-refractivity contribution in [1.82, 2.24) is 35.2 Å². The van der Waals surface area contributed by atoms with E-state index >= 15 is 0 Å². The predicted octanol–water partition coefficient (Wildman–Crippen LogP) is 4.76. The zero-order valence-corrected chi connectivity index (χ0v) is 18.9. The summed E-state index contributed by atoms with van der Waals surface area (Å²) in [6.45, 7) is 7.00. The van der Waals surface area contributed by atoms with Crippen LogP contribution in [0, 0.1) is 13.8 Å². The van der Waals surface area contributed by atoms with Crippen molar-refractivity contribution in [1.29, 1.82) is 0 Å². The molecule has 1 N–H and O–H groups in total. The van der Waals surface area contributed by atoms with Gasteiger partial charge in [-0.25, -0.2) is 9.97 Å². The van der Waals surface area contributed by atoms with Crippen LogP contribution in [0.2, 0.25) is 0 Å². The first-order chi connectivity index (χ1) is 16.1. The van der Waals surface area contributed by atoms with Crippen LogP contribution < -0.4 is 0 Å². The number of aryl methyl sites for hydroxylation is 3. The summed E-state index contributed by atoms with van der Waals surface area (Å²) in [7, 11) is 0. The number of imidazole rings is 1. The summed E-state index contributed by atoms with van der Waals surface area (Å²) in [5.41, 5.74) is 8.54. The Labute approximate surface area is 192 Å². The second-order valence-corrected chi connectivity index (χ2v) is 8.11. The van der Waals surface area contributed by atoms with Gasteiger partial charge in [-0.15, -0.1) is 10.2 Å². The van der Waals surface area contributed by atoms with Gasteiger partial charge in [0.05, 0.1) is 6.54 Å². The number of hydrogen-bond donors (Lipinski definition) is 1. The maximum atomic E-state index is 4.86. The monoisotopic (exact) mass is 435 g/mol. The van der Waals surface area contributed by atoms with E-state index in [1.54, 1.807) is 0 Å². The van der Waals surface area contributed by atoms with Gasteiger partial charge in [-0.2, -0.15) is 5.21 Å². The van der Waals surface area contributed by atoms with Gasteiger partial charge in [0.2, 0.25) is 0 Å². The largest absolute Gasteiger partial charge is 0.308 e. The molecule has 2 aromatic carbocycles. The maximum Gasteiger partial charge on any atom is 0.198 e. The highest BCUT2D eigenvalue weighted by Gasteiger charge is 2.14. The fraction of sp³-hybridized carbons (Fsp3) is 0.192. The summed E-state index contributed by atoms with van der Waals surface area (Å²) in [6.07, 6.45) is 2.81. The lowest BCUT2D eigenvalue weighted by atomic mass is 9.96. The van der Waals surface area contributed by atoms with Gasteiger partial charge in [0.15, 0.2) is 11.5 Å². The average Bonchev–Trinajstić information content (AvgIpc) is 3.47.